The van der Waals surface area contributed by atoms with Crippen molar-refractivity contribution >= 4 is 12.0 Å². The standard InChI is InChI=1S/C18H11F3N2O3/c19-18(20,21)13-7-5-11(6-8-13)15-9-12(10-24)17(22-15)14-3-1-2-4-16(14)23(25)26/h1-10,22H. The number of aldehydes is 1. The third-order valence-corrected chi connectivity index (χ3v) is 3.87. The van der Waals surface area contributed by atoms with Crippen LogP contribution in [-0.4, -0.2) is 16.2 Å². The van der Waals surface area contributed by atoms with Crippen molar-refractivity contribution in [1.29, 1.82) is 0 Å². The number of rotatable bonds is 4. The molecule has 0 fully saturated rings. The van der Waals surface area contributed by atoms with Gasteiger partial charge >= 0.3 is 6.18 Å². The van der Waals surface area contributed by atoms with E-state index in [0.29, 0.717) is 17.5 Å². The van der Waals surface area contributed by atoms with E-state index in [1.807, 2.05) is 0 Å². The number of para-hydroxylation sites is 1. The Kier molecular flexibility index (Phi) is 4.33. The minimum Gasteiger partial charge on any atom is -0.354 e. The number of alkyl halides is 3. The molecule has 1 N–H and O–H groups in total. The number of nitro benzene ring substituents is 1. The Morgan fingerprint density at radius 3 is 2.27 bits per heavy atom. The van der Waals surface area contributed by atoms with Gasteiger partial charge in [-0.05, 0) is 29.8 Å². The highest BCUT2D eigenvalue weighted by molar-refractivity contribution is 5.91. The molecule has 0 amide bonds. The molecular formula is C18H11F3N2O3. The predicted octanol–water partition coefficient (Wildman–Crippen LogP) is 5.09. The molecule has 3 rings (SSSR count). The van der Waals surface area contributed by atoms with Crippen LogP contribution in [-0.2, 0) is 6.18 Å². The molecule has 0 aliphatic rings. The van der Waals surface area contributed by atoms with E-state index in [0.717, 1.165) is 12.1 Å². The van der Waals surface area contributed by atoms with Gasteiger partial charge in [0, 0.05) is 17.3 Å². The summed E-state index contributed by atoms with van der Waals surface area (Å²) in [6, 6.07) is 11.7. The third-order valence-electron chi connectivity index (χ3n) is 3.87. The fraction of sp³-hybridized carbons (Fsp3) is 0.0556. The smallest absolute Gasteiger partial charge is 0.354 e. The van der Waals surface area contributed by atoms with Crippen LogP contribution in [0.4, 0.5) is 18.9 Å². The number of nitrogens with one attached hydrogen (secondary N) is 1. The lowest BCUT2D eigenvalue weighted by Crippen LogP contribution is -2.03. The molecule has 0 saturated heterocycles. The van der Waals surface area contributed by atoms with Crippen LogP contribution in [0.1, 0.15) is 15.9 Å². The van der Waals surface area contributed by atoms with Crippen molar-refractivity contribution in [2.75, 3.05) is 0 Å². The van der Waals surface area contributed by atoms with Gasteiger partial charge in [-0.15, -0.1) is 0 Å². The maximum Gasteiger partial charge on any atom is 0.416 e. The van der Waals surface area contributed by atoms with Crippen LogP contribution < -0.4 is 0 Å². The molecule has 5 nitrogen and oxygen atoms in total. The number of benzene rings is 2. The molecule has 0 unspecified atom stereocenters. The molecule has 1 aromatic heterocycles. The van der Waals surface area contributed by atoms with Crippen LogP contribution in [0.3, 0.4) is 0 Å². The molecule has 132 valence electrons. The summed E-state index contributed by atoms with van der Waals surface area (Å²) in [5.74, 6) is 0. The third kappa shape index (κ3) is 3.21. The molecule has 1 heterocycles. The zero-order valence-electron chi connectivity index (χ0n) is 13.1. The van der Waals surface area contributed by atoms with Gasteiger partial charge in [-0.3, -0.25) is 14.9 Å². The minimum atomic E-state index is -4.45. The van der Waals surface area contributed by atoms with Crippen molar-refractivity contribution < 1.29 is 22.9 Å². The van der Waals surface area contributed by atoms with Crippen molar-refractivity contribution in [3.8, 4) is 22.5 Å². The molecule has 0 aliphatic carbocycles. The maximum atomic E-state index is 12.7. The number of carbonyl (C=O) groups is 1. The van der Waals surface area contributed by atoms with Gasteiger partial charge in [-0.2, -0.15) is 13.2 Å². The number of hydrogen-bond acceptors (Lipinski definition) is 3. The predicted molar refractivity (Wildman–Crippen MR) is 88.7 cm³/mol. The number of carbonyl (C=O) groups excluding carboxylic acids is 1. The molecule has 8 heteroatoms. The monoisotopic (exact) mass is 360 g/mol. The van der Waals surface area contributed by atoms with Gasteiger partial charge in [0.2, 0.25) is 0 Å². The molecule has 0 atom stereocenters. The average Bonchev–Trinajstić information content (AvgIpc) is 3.05. The molecule has 0 radical (unpaired) electrons. The minimum absolute atomic E-state index is 0.175. The lowest BCUT2D eigenvalue weighted by molar-refractivity contribution is -0.384. The van der Waals surface area contributed by atoms with E-state index in [2.05, 4.69) is 4.98 Å². The zero-order chi connectivity index (χ0) is 18.9. The normalized spacial score (nSPS) is 11.3. The lowest BCUT2D eigenvalue weighted by Gasteiger charge is -2.07. The molecule has 3 aromatic rings. The van der Waals surface area contributed by atoms with E-state index in [4.69, 9.17) is 0 Å². The first-order valence-corrected chi connectivity index (χ1v) is 7.41. The molecular weight excluding hydrogens is 349 g/mol. The number of hydrogen-bond donors (Lipinski definition) is 1. The maximum absolute atomic E-state index is 12.7. The van der Waals surface area contributed by atoms with Crippen molar-refractivity contribution in [3.63, 3.8) is 0 Å². The van der Waals surface area contributed by atoms with E-state index in [9.17, 15) is 28.1 Å². The van der Waals surface area contributed by atoms with E-state index in [1.54, 1.807) is 6.07 Å². The fourth-order valence-corrected chi connectivity index (χ4v) is 2.62. The van der Waals surface area contributed by atoms with Crippen molar-refractivity contribution in [2.45, 2.75) is 6.18 Å². The molecule has 0 aliphatic heterocycles. The summed E-state index contributed by atoms with van der Waals surface area (Å²) in [5, 5.41) is 11.2. The lowest BCUT2D eigenvalue weighted by atomic mass is 10.1. The second kappa shape index (κ2) is 6.47. The highest BCUT2D eigenvalue weighted by Crippen LogP contribution is 2.35. The second-order valence-corrected chi connectivity index (χ2v) is 5.48. The molecule has 26 heavy (non-hydrogen) atoms. The topological polar surface area (TPSA) is 76.0 Å². The van der Waals surface area contributed by atoms with Gasteiger partial charge in [0.05, 0.1) is 21.7 Å². The number of nitrogens with zero attached hydrogens (tertiary/aromatic N) is 1. The number of nitro groups is 1. The van der Waals surface area contributed by atoms with Gasteiger partial charge in [0.25, 0.3) is 5.69 Å². The summed E-state index contributed by atoms with van der Waals surface area (Å²) in [6.07, 6.45) is -3.91. The van der Waals surface area contributed by atoms with Crippen LogP contribution in [0, 0.1) is 10.1 Å². The van der Waals surface area contributed by atoms with Crippen molar-refractivity contribution in [2.24, 2.45) is 0 Å². The Morgan fingerprint density at radius 2 is 1.69 bits per heavy atom. The van der Waals surface area contributed by atoms with Crippen LogP contribution in [0.15, 0.2) is 54.6 Å². The summed E-state index contributed by atoms with van der Waals surface area (Å²) in [7, 11) is 0. The van der Waals surface area contributed by atoms with Gasteiger partial charge in [0.1, 0.15) is 0 Å². The van der Waals surface area contributed by atoms with Crippen LogP contribution in [0.5, 0.6) is 0 Å². The van der Waals surface area contributed by atoms with E-state index >= 15 is 0 Å². The summed E-state index contributed by atoms with van der Waals surface area (Å²) in [6.45, 7) is 0. The molecule has 0 spiro atoms. The Hall–Kier alpha value is -3.42. The van der Waals surface area contributed by atoms with E-state index in [1.165, 1.54) is 36.4 Å². The van der Waals surface area contributed by atoms with Gasteiger partial charge in [0.15, 0.2) is 6.29 Å². The zero-order valence-corrected chi connectivity index (χ0v) is 13.1. The second-order valence-electron chi connectivity index (χ2n) is 5.48. The Balaban J connectivity index is 2.08. The Labute approximate surface area is 145 Å². The summed E-state index contributed by atoms with van der Waals surface area (Å²) in [5.41, 5.74) is 0.466. The first kappa shape index (κ1) is 17.4. The number of aromatic nitrogens is 1. The molecule has 0 saturated carbocycles. The number of halogens is 3. The Bertz CT molecular complexity index is 976. The van der Waals surface area contributed by atoms with Crippen molar-refractivity contribution in [3.05, 3.63) is 75.8 Å². The Morgan fingerprint density at radius 1 is 1.04 bits per heavy atom. The number of H-pyrrole nitrogens is 1. The first-order valence-electron chi connectivity index (χ1n) is 7.41. The highest BCUT2D eigenvalue weighted by Gasteiger charge is 2.30. The summed E-state index contributed by atoms with van der Waals surface area (Å²) < 4.78 is 38.0. The van der Waals surface area contributed by atoms with Gasteiger partial charge in [-0.25, -0.2) is 0 Å². The average molecular weight is 360 g/mol. The highest BCUT2D eigenvalue weighted by atomic mass is 19.4. The van der Waals surface area contributed by atoms with Crippen LogP contribution in [0.2, 0.25) is 0 Å². The molecule has 0 bridgehead atoms. The SMILES string of the molecule is O=Cc1cc(-c2ccc(C(F)(F)F)cc2)[nH]c1-c1ccccc1[N+](=O)[O-]. The van der Waals surface area contributed by atoms with Crippen LogP contribution >= 0.6 is 0 Å². The summed E-state index contributed by atoms with van der Waals surface area (Å²) >= 11 is 0. The summed E-state index contributed by atoms with van der Waals surface area (Å²) in [4.78, 5) is 24.9. The van der Waals surface area contributed by atoms with E-state index < -0.39 is 16.7 Å². The largest absolute Gasteiger partial charge is 0.416 e. The van der Waals surface area contributed by atoms with E-state index in [-0.39, 0.29) is 22.5 Å². The van der Waals surface area contributed by atoms with Gasteiger partial charge < -0.3 is 4.98 Å². The van der Waals surface area contributed by atoms with Crippen molar-refractivity contribution in [1.82, 2.24) is 4.98 Å². The number of aromatic amines is 1. The first-order chi connectivity index (χ1) is 12.3. The quantitative estimate of drug-likeness (QED) is 0.400. The van der Waals surface area contributed by atoms with Crippen LogP contribution in [0.25, 0.3) is 22.5 Å². The molecule has 2 aromatic carbocycles. The van der Waals surface area contributed by atoms with Gasteiger partial charge in [-0.1, -0.05) is 24.3 Å². The fourth-order valence-electron chi connectivity index (χ4n) is 2.62.